The summed E-state index contributed by atoms with van der Waals surface area (Å²) in [6.45, 7) is -0.264. The van der Waals surface area contributed by atoms with Crippen LogP contribution in [-0.2, 0) is 0 Å². The molecule has 0 radical (unpaired) electrons. The Morgan fingerprint density at radius 1 is 1.80 bits per heavy atom. The summed E-state index contributed by atoms with van der Waals surface area (Å²) in [7, 11) is 0. The van der Waals surface area contributed by atoms with Gasteiger partial charge in [0.1, 0.15) is 0 Å². The first kappa shape index (κ1) is 8.93. The van der Waals surface area contributed by atoms with Crippen molar-refractivity contribution in [3.05, 3.63) is 6.42 Å². The molecule has 0 aliphatic heterocycles. The van der Waals surface area contributed by atoms with Crippen molar-refractivity contribution in [2.45, 2.75) is 0 Å². The summed E-state index contributed by atoms with van der Waals surface area (Å²) >= 11 is 0. The van der Waals surface area contributed by atoms with Crippen molar-refractivity contribution in [2.24, 2.45) is 0 Å². The average Bonchev–Trinajstić information content (AvgIpc) is 1.37. The molecule has 22 valence electrons. The molecule has 0 aromatic carbocycles. The van der Waals surface area contributed by atoms with Crippen LogP contribution in [0, 0.1) is 12.3 Å². The topological polar surface area (TPSA) is 20.2 Å². The van der Waals surface area contributed by atoms with Crippen LogP contribution in [0.4, 0.5) is 0 Å². The second-order valence-electron chi connectivity index (χ2n) is 0.335. The fourth-order valence-corrected chi connectivity index (χ4v) is 0. The van der Waals surface area contributed by atoms with E-state index in [0.29, 0.717) is 0 Å². The van der Waals surface area contributed by atoms with E-state index in [2.05, 4.69) is 0 Å². The summed E-state index contributed by atoms with van der Waals surface area (Å²) in [5, 5.41) is 7.58. The monoisotopic (exact) mass is 62.0 g/mol. The van der Waals surface area contributed by atoms with Gasteiger partial charge in [0.15, 0.2) is 0 Å². The average molecular weight is 62.0 g/mol. The minimum atomic E-state index is -0.264. The summed E-state index contributed by atoms with van der Waals surface area (Å²) in [4.78, 5) is 0. The van der Waals surface area contributed by atoms with Crippen LogP contribution in [0.15, 0.2) is 0 Å². The maximum absolute atomic E-state index is 7.58. The Morgan fingerprint density at radius 3 is 2.00 bits per heavy atom. The van der Waals surface area contributed by atoms with Crippen molar-refractivity contribution in [1.82, 2.24) is 0 Å². The zero-order valence-electron chi connectivity index (χ0n) is 3.15. The number of aliphatic hydroxyl groups is 1. The van der Waals surface area contributed by atoms with Crippen LogP contribution in [0.5, 0.6) is 0 Å². The second kappa shape index (κ2) is 8.92. The SMILES string of the molecule is [C-]#CCO.[Li+]. The standard InChI is InChI=1S/C3H3O.Li/c1-2-3-4;/h4H,3H2;/q-1;+1. The van der Waals surface area contributed by atoms with Gasteiger partial charge >= 0.3 is 18.9 Å². The Labute approximate surface area is 43.6 Å². The smallest absolute Gasteiger partial charge is 0.691 e. The summed E-state index contributed by atoms with van der Waals surface area (Å²) in [6.07, 6.45) is 5.95. The Morgan fingerprint density at radius 2 is 2.00 bits per heavy atom. The van der Waals surface area contributed by atoms with E-state index in [0.717, 1.165) is 0 Å². The van der Waals surface area contributed by atoms with Crippen molar-refractivity contribution in [3.8, 4) is 5.92 Å². The van der Waals surface area contributed by atoms with Crippen LogP contribution in [0.25, 0.3) is 0 Å². The summed E-state index contributed by atoms with van der Waals surface area (Å²) < 4.78 is 0. The van der Waals surface area contributed by atoms with Crippen LogP contribution in [0.2, 0.25) is 0 Å². The molecule has 0 atom stereocenters. The first-order chi connectivity index (χ1) is 1.91. The molecule has 5 heavy (non-hydrogen) atoms. The van der Waals surface area contributed by atoms with Gasteiger partial charge in [0.05, 0.1) is 6.61 Å². The fraction of sp³-hybridized carbons (Fsp3) is 0.333. The van der Waals surface area contributed by atoms with Crippen molar-refractivity contribution in [1.29, 1.82) is 0 Å². The Bertz CT molecular complexity index is 36.6. The minimum Gasteiger partial charge on any atom is -0.691 e. The molecule has 0 aliphatic carbocycles. The summed E-state index contributed by atoms with van der Waals surface area (Å²) in [5.41, 5.74) is 0. The molecule has 0 fully saturated rings. The molecule has 0 unspecified atom stereocenters. The van der Waals surface area contributed by atoms with Gasteiger partial charge in [-0.15, -0.1) is 0 Å². The van der Waals surface area contributed by atoms with E-state index in [1.165, 1.54) is 0 Å². The van der Waals surface area contributed by atoms with Crippen LogP contribution >= 0.6 is 0 Å². The molecule has 0 amide bonds. The molecule has 0 saturated carbocycles. The molecule has 1 N–H and O–H groups in total. The van der Waals surface area contributed by atoms with Gasteiger partial charge in [0.2, 0.25) is 0 Å². The second-order valence-corrected chi connectivity index (χ2v) is 0.335. The van der Waals surface area contributed by atoms with Gasteiger partial charge < -0.3 is 17.5 Å². The zero-order chi connectivity index (χ0) is 3.41. The molecular formula is C3H3LiO. The third-order valence-corrected chi connectivity index (χ3v) is 0.0791. The summed E-state index contributed by atoms with van der Waals surface area (Å²) in [5.74, 6) is 1.74. The van der Waals surface area contributed by atoms with Crippen LogP contribution in [0.3, 0.4) is 0 Å². The molecule has 0 bridgehead atoms. The van der Waals surface area contributed by atoms with E-state index in [4.69, 9.17) is 11.5 Å². The van der Waals surface area contributed by atoms with Gasteiger partial charge in [0.25, 0.3) is 0 Å². The zero-order valence-corrected chi connectivity index (χ0v) is 3.15. The van der Waals surface area contributed by atoms with E-state index >= 15 is 0 Å². The van der Waals surface area contributed by atoms with Gasteiger partial charge in [-0.05, 0) is 0 Å². The molecular weight excluding hydrogens is 59.0 g/mol. The third kappa shape index (κ3) is 14.8. The van der Waals surface area contributed by atoms with Gasteiger partial charge in [0, 0.05) is 0 Å². The largest absolute Gasteiger partial charge is 1.00 e. The number of hydrogen-bond donors (Lipinski definition) is 1. The number of hydrogen-bond acceptors (Lipinski definition) is 1. The third-order valence-electron chi connectivity index (χ3n) is 0.0791. The predicted molar refractivity (Wildman–Crippen MR) is 14.2 cm³/mol. The maximum atomic E-state index is 7.58. The normalized spacial score (nSPS) is 4.00. The first-order valence-electron chi connectivity index (χ1n) is 0.920. The van der Waals surface area contributed by atoms with Gasteiger partial charge in [-0.1, -0.05) is 0 Å². The molecule has 1 nitrogen and oxygen atoms in total. The molecule has 0 rings (SSSR count). The van der Waals surface area contributed by atoms with Crippen molar-refractivity contribution in [3.63, 3.8) is 0 Å². The van der Waals surface area contributed by atoms with Crippen LogP contribution < -0.4 is 18.9 Å². The molecule has 0 aromatic heterocycles. The first-order valence-corrected chi connectivity index (χ1v) is 0.920. The number of rotatable bonds is 0. The Kier molecular flexibility index (Phi) is 15.9. The molecule has 0 spiro atoms. The van der Waals surface area contributed by atoms with Crippen molar-refractivity contribution < 1.29 is 24.0 Å². The van der Waals surface area contributed by atoms with Crippen LogP contribution in [0.1, 0.15) is 0 Å². The maximum Gasteiger partial charge on any atom is 1.00 e. The Hall–Kier alpha value is 0.117. The predicted octanol–water partition coefficient (Wildman–Crippen LogP) is -3.43. The van der Waals surface area contributed by atoms with E-state index in [9.17, 15) is 0 Å². The molecule has 0 aliphatic rings. The van der Waals surface area contributed by atoms with Gasteiger partial charge in [-0.2, -0.15) is 0 Å². The fourth-order valence-electron chi connectivity index (χ4n) is 0. The van der Waals surface area contributed by atoms with E-state index in [-0.39, 0.29) is 25.5 Å². The molecule has 0 aromatic rings. The minimum absolute atomic E-state index is 0. The van der Waals surface area contributed by atoms with Gasteiger partial charge in [-0.25, -0.2) is 0 Å². The molecule has 0 saturated heterocycles. The van der Waals surface area contributed by atoms with E-state index < -0.39 is 0 Å². The van der Waals surface area contributed by atoms with Gasteiger partial charge in [-0.3, -0.25) is 0 Å². The van der Waals surface area contributed by atoms with Crippen LogP contribution in [-0.4, -0.2) is 11.7 Å². The number of aliphatic hydroxyl groups excluding tert-OH is 1. The molecule has 2 heteroatoms. The van der Waals surface area contributed by atoms with Crippen molar-refractivity contribution in [2.75, 3.05) is 6.61 Å². The van der Waals surface area contributed by atoms with Crippen molar-refractivity contribution >= 4 is 0 Å². The van der Waals surface area contributed by atoms with E-state index in [1.54, 1.807) is 5.92 Å². The Balaban J connectivity index is 0. The summed E-state index contributed by atoms with van der Waals surface area (Å²) in [6, 6.07) is 0. The molecule has 0 heterocycles. The van der Waals surface area contributed by atoms with E-state index in [1.807, 2.05) is 0 Å². The quantitative estimate of drug-likeness (QED) is 0.176.